The summed E-state index contributed by atoms with van der Waals surface area (Å²) in [6, 6.07) is 14.0. The molecular weight excluding hydrogens is 498 g/mol. The molecule has 0 bridgehead atoms. The third-order valence-electron chi connectivity index (χ3n) is 4.68. The molecule has 8 heteroatoms. The van der Waals surface area contributed by atoms with Crippen LogP contribution in [0.4, 0.5) is 10.1 Å². The topological polar surface area (TPSA) is 74.8 Å². The van der Waals surface area contributed by atoms with E-state index >= 15 is 0 Å². The second-order valence-corrected chi connectivity index (χ2v) is 7.15. The number of guanidine groups is 1. The maximum atomic E-state index is 14.3. The van der Waals surface area contributed by atoms with Gasteiger partial charge in [0.2, 0.25) is 5.91 Å². The standard InChI is InChI=1S/C22H27FN4O2.HI/c1-15(17-10-11-20(19(23)12-17)29-14-16-8-9-16)26-22(24-2)25-13-21(28)27-18-6-4-3-5-7-18;/h3-7,10-12,15-16H,8-9,13-14H2,1-2H3,(H,27,28)(H2,24,25,26);1H. The lowest BCUT2D eigenvalue weighted by Crippen LogP contribution is -2.42. The Balaban J connectivity index is 0.00000320. The number of nitrogens with one attached hydrogen (secondary N) is 3. The Labute approximate surface area is 193 Å². The van der Waals surface area contributed by atoms with Crippen molar-refractivity contribution in [1.82, 2.24) is 10.6 Å². The summed E-state index contributed by atoms with van der Waals surface area (Å²) in [5.74, 6) is 0.753. The van der Waals surface area contributed by atoms with E-state index in [2.05, 4.69) is 20.9 Å². The lowest BCUT2D eigenvalue weighted by molar-refractivity contribution is -0.115. The molecule has 1 fully saturated rings. The van der Waals surface area contributed by atoms with Crippen LogP contribution in [0.2, 0.25) is 0 Å². The number of rotatable bonds is 8. The van der Waals surface area contributed by atoms with Crippen molar-refractivity contribution in [2.24, 2.45) is 10.9 Å². The second-order valence-electron chi connectivity index (χ2n) is 7.15. The summed E-state index contributed by atoms with van der Waals surface area (Å²) in [5.41, 5.74) is 1.49. The Hall–Kier alpha value is -2.36. The van der Waals surface area contributed by atoms with Crippen LogP contribution in [0.15, 0.2) is 53.5 Å². The molecule has 3 rings (SSSR count). The third-order valence-corrected chi connectivity index (χ3v) is 4.68. The molecular formula is C22H28FIN4O2. The van der Waals surface area contributed by atoms with Gasteiger partial charge < -0.3 is 20.7 Å². The normalized spacial score (nSPS) is 14.3. The maximum absolute atomic E-state index is 14.3. The first kappa shape index (κ1) is 23.9. The molecule has 2 aromatic carbocycles. The average molecular weight is 526 g/mol. The largest absolute Gasteiger partial charge is 0.490 e. The van der Waals surface area contributed by atoms with E-state index in [9.17, 15) is 9.18 Å². The van der Waals surface area contributed by atoms with Gasteiger partial charge in [-0.2, -0.15) is 0 Å². The van der Waals surface area contributed by atoms with Crippen molar-refractivity contribution in [3.63, 3.8) is 0 Å². The van der Waals surface area contributed by atoms with E-state index in [1.165, 1.54) is 6.07 Å². The van der Waals surface area contributed by atoms with Crippen LogP contribution in [-0.4, -0.2) is 32.1 Å². The Morgan fingerprint density at radius 2 is 1.97 bits per heavy atom. The maximum Gasteiger partial charge on any atom is 0.243 e. The number of hydrogen-bond acceptors (Lipinski definition) is 3. The average Bonchev–Trinajstić information content (AvgIpc) is 3.55. The van der Waals surface area contributed by atoms with Gasteiger partial charge in [-0.3, -0.25) is 9.79 Å². The second kappa shape index (κ2) is 11.7. The number of nitrogens with zero attached hydrogens (tertiary/aromatic N) is 1. The van der Waals surface area contributed by atoms with Crippen molar-refractivity contribution < 1.29 is 13.9 Å². The lowest BCUT2D eigenvalue weighted by Gasteiger charge is -2.19. The molecule has 30 heavy (non-hydrogen) atoms. The van der Waals surface area contributed by atoms with Crippen LogP contribution in [0.25, 0.3) is 0 Å². The van der Waals surface area contributed by atoms with Crippen LogP contribution in [0.3, 0.4) is 0 Å². The molecule has 0 spiro atoms. The molecule has 0 radical (unpaired) electrons. The summed E-state index contributed by atoms with van der Waals surface area (Å²) in [7, 11) is 1.62. The van der Waals surface area contributed by atoms with Crippen LogP contribution < -0.4 is 20.7 Å². The van der Waals surface area contributed by atoms with Gasteiger partial charge >= 0.3 is 0 Å². The fraction of sp³-hybridized carbons (Fsp3) is 0.364. The summed E-state index contributed by atoms with van der Waals surface area (Å²) in [5, 5.41) is 8.92. The van der Waals surface area contributed by atoms with Crippen LogP contribution in [-0.2, 0) is 4.79 Å². The van der Waals surface area contributed by atoms with Crippen LogP contribution in [0.1, 0.15) is 31.4 Å². The van der Waals surface area contributed by atoms with E-state index < -0.39 is 0 Å². The van der Waals surface area contributed by atoms with E-state index in [0.29, 0.717) is 18.5 Å². The van der Waals surface area contributed by atoms with Gasteiger partial charge in [-0.05, 0) is 55.5 Å². The number of hydrogen-bond donors (Lipinski definition) is 3. The molecule has 3 N–H and O–H groups in total. The number of anilines is 1. The molecule has 2 aromatic rings. The van der Waals surface area contributed by atoms with E-state index in [0.717, 1.165) is 24.1 Å². The number of carbonyl (C=O) groups is 1. The SMILES string of the molecule is CN=C(NCC(=O)Nc1ccccc1)NC(C)c1ccc(OCC2CC2)c(F)c1.I. The fourth-order valence-corrected chi connectivity index (χ4v) is 2.77. The van der Waals surface area contributed by atoms with Crippen molar-refractivity contribution in [2.75, 3.05) is 25.5 Å². The predicted molar refractivity (Wildman–Crippen MR) is 128 cm³/mol. The first-order valence-electron chi connectivity index (χ1n) is 9.79. The molecule has 6 nitrogen and oxygen atoms in total. The molecule has 0 aromatic heterocycles. The summed E-state index contributed by atoms with van der Waals surface area (Å²) in [4.78, 5) is 16.2. The first-order chi connectivity index (χ1) is 14.0. The van der Waals surface area contributed by atoms with Crippen LogP contribution in [0.5, 0.6) is 5.75 Å². The van der Waals surface area contributed by atoms with Gasteiger partial charge in [-0.15, -0.1) is 24.0 Å². The quantitative estimate of drug-likeness (QED) is 0.275. The van der Waals surface area contributed by atoms with Crippen molar-refractivity contribution in [3.05, 3.63) is 59.9 Å². The molecule has 1 saturated carbocycles. The van der Waals surface area contributed by atoms with Crippen molar-refractivity contribution in [3.8, 4) is 5.75 Å². The zero-order valence-corrected chi connectivity index (χ0v) is 19.5. The zero-order chi connectivity index (χ0) is 20.6. The van der Waals surface area contributed by atoms with Gasteiger partial charge in [0, 0.05) is 12.7 Å². The minimum Gasteiger partial charge on any atom is -0.490 e. The summed E-state index contributed by atoms with van der Waals surface area (Å²) >= 11 is 0. The van der Waals surface area contributed by atoms with Crippen molar-refractivity contribution in [1.29, 1.82) is 0 Å². The number of carbonyl (C=O) groups excluding carboxylic acids is 1. The molecule has 1 aliphatic carbocycles. The summed E-state index contributed by atoms with van der Waals surface area (Å²) in [6.07, 6.45) is 2.33. The van der Waals surface area contributed by atoms with Crippen molar-refractivity contribution >= 4 is 41.5 Å². The Kier molecular flexibility index (Phi) is 9.35. The molecule has 0 saturated heterocycles. The minimum absolute atomic E-state index is 0. The van der Waals surface area contributed by atoms with E-state index in [1.807, 2.05) is 43.3 Å². The van der Waals surface area contributed by atoms with Gasteiger partial charge in [0.05, 0.1) is 19.2 Å². The molecule has 1 atom stereocenters. The Bertz CT molecular complexity index is 859. The van der Waals surface area contributed by atoms with E-state index in [1.54, 1.807) is 13.1 Å². The van der Waals surface area contributed by atoms with Crippen LogP contribution >= 0.6 is 24.0 Å². The molecule has 0 aliphatic heterocycles. The van der Waals surface area contributed by atoms with Gasteiger partial charge in [0.1, 0.15) is 0 Å². The number of aliphatic imine (C=N–C) groups is 1. The number of halogens is 2. The highest BCUT2D eigenvalue weighted by Gasteiger charge is 2.22. The summed E-state index contributed by atoms with van der Waals surface area (Å²) < 4.78 is 19.8. The number of ether oxygens (including phenoxy) is 1. The zero-order valence-electron chi connectivity index (χ0n) is 17.2. The number of amides is 1. The highest BCUT2D eigenvalue weighted by molar-refractivity contribution is 14.0. The summed E-state index contributed by atoms with van der Waals surface area (Å²) in [6.45, 7) is 2.53. The molecule has 162 valence electrons. The number of benzene rings is 2. The van der Waals surface area contributed by atoms with E-state index in [-0.39, 0.29) is 54.0 Å². The molecule has 1 unspecified atom stereocenters. The highest BCUT2D eigenvalue weighted by atomic mass is 127. The minimum atomic E-state index is -0.373. The smallest absolute Gasteiger partial charge is 0.243 e. The monoisotopic (exact) mass is 526 g/mol. The van der Waals surface area contributed by atoms with Gasteiger partial charge in [0.25, 0.3) is 0 Å². The van der Waals surface area contributed by atoms with E-state index in [4.69, 9.17) is 4.74 Å². The van der Waals surface area contributed by atoms with Gasteiger partial charge in [0.15, 0.2) is 17.5 Å². The predicted octanol–water partition coefficient (Wildman–Crippen LogP) is 4.10. The first-order valence-corrected chi connectivity index (χ1v) is 9.79. The van der Waals surface area contributed by atoms with Gasteiger partial charge in [-0.25, -0.2) is 4.39 Å². The fourth-order valence-electron chi connectivity index (χ4n) is 2.77. The Morgan fingerprint density at radius 3 is 2.60 bits per heavy atom. The van der Waals surface area contributed by atoms with Crippen molar-refractivity contribution in [2.45, 2.75) is 25.8 Å². The molecule has 1 aliphatic rings. The van der Waals surface area contributed by atoms with Gasteiger partial charge in [-0.1, -0.05) is 24.3 Å². The Morgan fingerprint density at radius 1 is 1.23 bits per heavy atom. The lowest BCUT2D eigenvalue weighted by atomic mass is 10.1. The molecule has 0 heterocycles. The van der Waals surface area contributed by atoms with Crippen LogP contribution in [0, 0.1) is 11.7 Å². The number of para-hydroxylation sites is 1. The molecule has 1 amide bonds. The highest BCUT2D eigenvalue weighted by Crippen LogP contribution is 2.30. The third kappa shape index (κ3) is 7.47.